The summed E-state index contributed by atoms with van der Waals surface area (Å²) in [5.74, 6) is 0.510. The highest BCUT2D eigenvalue weighted by atomic mass is 15.2. The molecule has 0 radical (unpaired) electrons. The first-order valence-electron chi connectivity index (χ1n) is 3.33. The molecule has 3 N–H and O–H groups in total. The third-order valence-corrected chi connectivity index (χ3v) is 1.70. The van der Waals surface area contributed by atoms with Gasteiger partial charge in [-0.3, -0.25) is 10.1 Å². The van der Waals surface area contributed by atoms with Crippen molar-refractivity contribution in [3.8, 4) is 0 Å². The minimum Gasteiger partial charge on any atom is -0.382 e. The molecule has 11 heavy (non-hydrogen) atoms. The summed E-state index contributed by atoms with van der Waals surface area (Å²) in [5.41, 5.74) is 7.59. The van der Waals surface area contributed by atoms with Crippen LogP contribution in [0.5, 0.6) is 0 Å². The van der Waals surface area contributed by atoms with Gasteiger partial charge in [-0.1, -0.05) is 0 Å². The number of anilines is 1. The second-order valence-corrected chi connectivity index (χ2v) is 2.49. The highest BCUT2D eigenvalue weighted by molar-refractivity contribution is 5.89. The van der Waals surface area contributed by atoms with E-state index in [-0.39, 0.29) is 0 Å². The van der Waals surface area contributed by atoms with Crippen molar-refractivity contribution in [1.29, 1.82) is 0 Å². The smallest absolute Gasteiger partial charge is 0.154 e. The molecular formula is C7H8N4. The standard InChI is InChI=1S/C7H8N4/c1-4-2-9-3-5-6(4)10-11-7(5)8/h2-3H,1H3,(H3,8,10,11). The predicted octanol–water partition coefficient (Wildman–Crippen LogP) is 0.849. The summed E-state index contributed by atoms with van der Waals surface area (Å²) in [4.78, 5) is 4.01. The molecule has 0 aliphatic heterocycles. The summed E-state index contributed by atoms with van der Waals surface area (Å²) in [7, 11) is 0. The maximum Gasteiger partial charge on any atom is 0.154 e. The van der Waals surface area contributed by atoms with E-state index in [1.54, 1.807) is 12.4 Å². The maximum absolute atomic E-state index is 5.56. The van der Waals surface area contributed by atoms with Gasteiger partial charge in [-0.05, 0) is 12.5 Å². The van der Waals surface area contributed by atoms with E-state index >= 15 is 0 Å². The predicted molar refractivity (Wildman–Crippen MR) is 43.0 cm³/mol. The van der Waals surface area contributed by atoms with E-state index in [4.69, 9.17) is 5.73 Å². The van der Waals surface area contributed by atoms with E-state index < -0.39 is 0 Å². The van der Waals surface area contributed by atoms with E-state index in [0.717, 1.165) is 16.5 Å². The molecule has 0 aliphatic carbocycles. The fourth-order valence-corrected chi connectivity index (χ4v) is 1.08. The largest absolute Gasteiger partial charge is 0.382 e. The highest BCUT2D eigenvalue weighted by Gasteiger charge is 2.02. The van der Waals surface area contributed by atoms with Gasteiger partial charge >= 0.3 is 0 Å². The molecule has 2 heterocycles. The van der Waals surface area contributed by atoms with Gasteiger partial charge in [0.15, 0.2) is 5.82 Å². The number of nitrogens with zero attached hydrogens (tertiary/aromatic N) is 2. The average Bonchev–Trinajstić information content (AvgIpc) is 2.35. The monoisotopic (exact) mass is 148 g/mol. The van der Waals surface area contributed by atoms with Gasteiger partial charge in [0, 0.05) is 12.4 Å². The summed E-state index contributed by atoms with van der Waals surface area (Å²) in [6.45, 7) is 1.97. The number of aromatic amines is 1. The van der Waals surface area contributed by atoms with E-state index in [0.29, 0.717) is 5.82 Å². The molecule has 0 spiro atoms. The van der Waals surface area contributed by atoms with Crippen LogP contribution in [0.4, 0.5) is 5.82 Å². The van der Waals surface area contributed by atoms with Gasteiger partial charge in [0.2, 0.25) is 0 Å². The Morgan fingerprint density at radius 3 is 3.00 bits per heavy atom. The Morgan fingerprint density at radius 1 is 1.45 bits per heavy atom. The summed E-state index contributed by atoms with van der Waals surface area (Å²) in [6.07, 6.45) is 3.49. The van der Waals surface area contributed by atoms with E-state index in [2.05, 4.69) is 15.2 Å². The molecule has 0 atom stereocenters. The van der Waals surface area contributed by atoms with Crippen molar-refractivity contribution in [2.24, 2.45) is 0 Å². The van der Waals surface area contributed by atoms with Crippen LogP contribution < -0.4 is 5.73 Å². The molecule has 2 aromatic heterocycles. The van der Waals surface area contributed by atoms with Crippen molar-refractivity contribution >= 4 is 16.7 Å². The Balaban J connectivity index is 2.94. The molecule has 0 aliphatic rings. The van der Waals surface area contributed by atoms with Gasteiger partial charge in [-0.2, -0.15) is 5.10 Å². The average molecular weight is 148 g/mol. The number of nitrogens with two attached hydrogens (primary N) is 1. The summed E-state index contributed by atoms with van der Waals surface area (Å²) in [6, 6.07) is 0. The second kappa shape index (κ2) is 1.95. The third kappa shape index (κ3) is 0.756. The Hall–Kier alpha value is -1.58. The normalized spacial score (nSPS) is 10.6. The quantitative estimate of drug-likeness (QED) is 0.582. The SMILES string of the molecule is Cc1cncc2c(N)n[nH]c12. The number of nitrogen functional groups attached to an aromatic ring is 1. The van der Waals surface area contributed by atoms with Gasteiger partial charge in [-0.25, -0.2) is 0 Å². The van der Waals surface area contributed by atoms with Crippen LogP contribution in [0.2, 0.25) is 0 Å². The zero-order valence-electron chi connectivity index (χ0n) is 6.13. The van der Waals surface area contributed by atoms with Gasteiger partial charge in [0.05, 0.1) is 10.9 Å². The van der Waals surface area contributed by atoms with Gasteiger partial charge in [-0.15, -0.1) is 0 Å². The fourth-order valence-electron chi connectivity index (χ4n) is 1.08. The van der Waals surface area contributed by atoms with E-state index in [1.807, 2.05) is 6.92 Å². The van der Waals surface area contributed by atoms with Gasteiger partial charge in [0.1, 0.15) is 0 Å². The summed E-state index contributed by atoms with van der Waals surface area (Å²) >= 11 is 0. The first-order valence-corrected chi connectivity index (χ1v) is 3.33. The van der Waals surface area contributed by atoms with Crippen molar-refractivity contribution in [3.05, 3.63) is 18.0 Å². The van der Waals surface area contributed by atoms with Gasteiger partial charge in [0.25, 0.3) is 0 Å². The van der Waals surface area contributed by atoms with Crippen molar-refractivity contribution < 1.29 is 0 Å². The van der Waals surface area contributed by atoms with Crippen molar-refractivity contribution in [2.45, 2.75) is 6.92 Å². The number of hydrogen-bond acceptors (Lipinski definition) is 3. The molecule has 2 aromatic rings. The number of pyridine rings is 1. The molecule has 0 amide bonds. The Labute approximate surface area is 63.4 Å². The van der Waals surface area contributed by atoms with Crippen molar-refractivity contribution in [1.82, 2.24) is 15.2 Å². The van der Waals surface area contributed by atoms with Crippen LogP contribution in [0.25, 0.3) is 10.9 Å². The number of aryl methyl sites for hydroxylation is 1. The molecule has 4 heteroatoms. The summed E-state index contributed by atoms with van der Waals surface area (Å²) in [5, 5.41) is 7.60. The van der Waals surface area contributed by atoms with Crippen LogP contribution in [0, 0.1) is 6.92 Å². The highest BCUT2D eigenvalue weighted by Crippen LogP contribution is 2.18. The molecule has 4 nitrogen and oxygen atoms in total. The third-order valence-electron chi connectivity index (χ3n) is 1.70. The maximum atomic E-state index is 5.56. The number of rotatable bonds is 0. The minimum atomic E-state index is 0.510. The van der Waals surface area contributed by atoms with Crippen LogP contribution in [0.3, 0.4) is 0 Å². The van der Waals surface area contributed by atoms with Crippen molar-refractivity contribution in [3.63, 3.8) is 0 Å². The van der Waals surface area contributed by atoms with Crippen LogP contribution >= 0.6 is 0 Å². The van der Waals surface area contributed by atoms with Crippen LogP contribution in [-0.4, -0.2) is 15.2 Å². The summed E-state index contributed by atoms with van der Waals surface area (Å²) < 4.78 is 0. The topological polar surface area (TPSA) is 67.6 Å². The molecule has 0 aromatic carbocycles. The Bertz CT molecular complexity index is 390. The molecule has 0 unspecified atom stereocenters. The lowest BCUT2D eigenvalue weighted by Crippen LogP contribution is -1.84. The lowest BCUT2D eigenvalue weighted by atomic mass is 10.2. The molecule has 0 saturated heterocycles. The second-order valence-electron chi connectivity index (χ2n) is 2.49. The zero-order valence-corrected chi connectivity index (χ0v) is 6.13. The molecule has 0 saturated carbocycles. The van der Waals surface area contributed by atoms with Crippen LogP contribution in [0.15, 0.2) is 12.4 Å². The number of fused-ring (bicyclic) bond motifs is 1. The lowest BCUT2D eigenvalue weighted by Gasteiger charge is -1.91. The Kier molecular flexibility index (Phi) is 1.09. The first-order chi connectivity index (χ1) is 5.29. The van der Waals surface area contributed by atoms with Crippen LogP contribution in [-0.2, 0) is 0 Å². The number of nitrogens with one attached hydrogen (secondary N) is 1. The van der Waals surface area contributed by atoms with Gasteiger partial charge < -0.3 is 5.73 Å². The van der Waals surface area contributed by atoms with E-state index in [1.165, 1.54) is 0 Å². The fraction of sp³-hybridized carbons (Fsp3) is 0.143. The molecule has 0 fully saturated rings. The molecular weight excluding hydrogens is 140 g/mol. The minimum absolute atomic E-state index is 0.510. The Morgan fingerprint density at radius 2 is 2.27 bits per heavy atom. The van der Waals surface area contributed by atoms with Crippen molar-refractivity contribution in [2.75, 3.05) is 5.73 Å². The number of hydrogen-bond donors (Lipinski definition) is 2. The first kappa shape index (κ1) is 6.15. The number of aromatic nitrogens is 3. The zero-order chi connectivity index (χ0) is 7.84. The molecule has 0 bridgehead atoms. The number of H-pyrrole nitrogens is 1. The van der Waals surface area contributed by atoms with E-state index in [9.17, 15) is 0 Å². The molecule has 2 rings (SSSR count). The molecule has 56 valence electrons. The van der Waals surface area contributed by atoms with Crippen LogP contribution in [0.1, 0.15) is 5.56 Å². The lowest BCUT2D eigenvalue weighted by molar-refractivity contribution is 1.12.